The van der Waals surface area contributed by atoms with Crippen molar-refractivity contribution in [1.82, 2.24) is 9.88 Å². The number of carbonyl (C=O) groups is 1. The highest BCUT2D eigenvalue weighted by Gasteiger charge is 2.18. The summed E-state index contributed by atoms with van der Waals surface area (Å²) in [7, 11) is 0. The smallest absolute Gasteiger partial charge is 0.248 e. The number of hydrogen-bond acceptors (Lipinski definition) is 4. The van der Waals surface area contributed by atoms with Gasteiger partial charge in [-0.15, -0.1) is 0 Å². The molecule has 0 radical (unpaired) electrons. The maximum atomic E-state index is 12.3. The molecule has 5 nitrogen and oxygen atoms in total. The topological polar surface area (TPSA) is 68.5 Å². The van der Waals surface area contributed by atoms with E-state index in [0.717, 1.165) is 5.56 Å². The molecule has 1 aromatic heterocycles. The van der Waals surface area contributed by atoms with Crippen molar-refractivity contribution < 1.29 is 9.53 Å². The number of hydrogen-bond donors (Lipinski definition) is 1. The van der Waals surface area contributed by atoms with Crippen LogP contribution < -0.4 is 5.73 Å². The van der Waals surface area contributed by atoms with Gasteiger partial charge in [-0.1, -0.05) is 18.3 Å². The molecular formula is C15H23N3O2S. The first-order valence-electron chi connectivity index (χ1n) is 6.87. The van der Waals surface area contributed by atoms with E-state index in [1.54, 1.807) is 17.3 Å². The molecule has 1 rings (SSSR count). The van der Waals surface area contributed by atoms with Crippen molar-refractivity contribution in [3.8, 4) is 0 Å². The van der Waals surface area contributed by atoms with E-state index in [9.17, 15) is 4.79 Å². The summed E-state index contributed by atoms with van der Waals surface area (Å²) in [5.41, 5.74) is 6.14. The summed E-state index contributed by atoms with van der Waals surface area (Å²) >= 11 is 4.89. The van der Waals surface area contributed by atoms with Crippen LogP contribution in [0.25, 0.3) is 0 Å². The summed E-state index contributed by atoms with van der Waals surface area (Å²) in [6.45, 7) is 6.75. The van der Waals surface area contributed by atoms with Gasteiger partial charge in [0, 0.05) is 31.9 Å². The van der Waals surface area contributed by atoms with Crippen LogP contribution in [0, 0.1) is 0 Å². The summed E-state index contributed by atoms with van der Waals surface area (Å²) in [4.78, 5) is 18.5. The van der Waals surface area contributed by atoms with Gasteiger partial charge in [0.2, 0.25) is 5.91 Å². The van der Waals surface area contributed by atoms with Crippen LogP contribution in [-0.4, -0.2) is 39.5 Å². The van der Waals surface area contributed by atoms with E-state index >= 15 is 0 Å². The molecule has 1 aromatic rings. The number of pyridine rings is 1. The van der Waals surface area contributed by atoms with E-state index in [4.69, 9.17) is 22.7 Å². The number of nitrogens with two attached hydrogens (primary N) is 1. The summed E-state index contributed by atoms with van der Waals surface area (Å²) < 4.78 is 5.55. The number of ether oxygens (including phenoxy) is 1. The van der Waals surface area contributed by atoms with Crippen LogP contribution in [-0.2, 0) is 16.1 Å². The van der Waals surface area contributed by atoms with E-state index in [2.05, 4.69) is 4.98 Å². The lowest BCUT2D eigenvalue weighted by molar-refractivity contribution is -0.141. The molecule has 0 aliphatic carbocycles. The Morgan fingerprint density at radius 2 is 2.19 bits per heavy atom. The van der Waals surface area contributed by atoms with Crippen LogP contribution in [0.2, 0.25) is 0 Å². The molecule has 6 heteroatoms. The van der Waals surface area contributed by atoms with Gasteiger partial charge in [-0.2, -0.15) is 0 Å². The molecule has 0 aliphatic rings. The lowest BCUT2D eigenvalue weighted by Crippen LogP contribution is -2.37. The molecule has 0 saturated carbocycles. The number of amides is 1. The average Bonchev–Trinajstić information content (AvgIpc) is 2.41. The Hall–Kier alpha value is -1.53. The third-order valence-electron chi connectivity index (χ3n) is 2.71. The first kappa shape index (κ1) is 17.5. The van der Waals surface area contributed by atoms with Crippen molar-refractivity contribution in [3.05, 3.63) is 30.1 Å². The monoisotopic (exact) mass is 309 g/mol. The Bertz CT molecular complexity index is 472. The van der Waals surface area contributed by atoms with E-state index in [1.807, 2.05) is 32.9 Å². The maximum Gasteiger partial charge on any atom is 0.248 e. The zero-order valence-electron chi connectivity index (χ0n) is 12.8. The van der Waals surface area contributed by atoms with Crippen molar-refractivity contribution in [2.24, 2.45) is 5.73 Å². The van der Waals surface area contributed by atoms with Gasteiger partial charge in [-0.25, -0.2) is 0 Å². The maximum absolute atomic E-state index is 12.3. The lowest BCUT2D eigenvalue weighted by Gasteiger charge is -2.25. The third-order valence-corrected chi connectivity index (χ3v) is 2.91. The van der Waals surface area contributed by atoms with Crippen molar-refractivity contribution in [3.63, 3.8) is 0 Å². The fourth-order valence-corrected chi connectivity index (χ4v) is 1.71. The molecule has 1 heterocycles. The van der Waals surface area contributed by atoms with E-state index < -0.39 is 0 Å². The highest BCUT2D eigenvalue weighted by atomic mass is 32.1. The van der Waals surface area contributed by atoms with Gasteiger partial charge in [0.05, 0.1) is 10.6 Å². The summed E-state index contributed by atoms with van der Waals surface area (Å²) in [6.07, 6.45) is 3.94. The Labute approximate surface area is 131 Å². The minimum absolute atomic E-state index is 0.0428. The van der Waals surface area contributed by atoms with Gasteiger partial charge in [-0.05, 0) is 32.4 Å². The van der Waals surface area contributed by atoms with Gasteiger partial charge in [-0.3, -0.25) is 9.78 Å². The Kier molecular flexibility index (Phi) is 6.71. The molecule has 0 fully saturated rings. The van der Waals surface area contributed by atoms with E-state index in [-0.39, 0.29) is 18.1 Å². The molecule has 116 valence electrons. The second-order valence-corrected chi connectivity index (χ2v) is 6.32. The second-order valence-electron chi connectivity index (χ2n) is 5.79. The molecule has 0 spiro atoms. The Morgan fingerprint density at radius 1 is 1.48 bits per heavy atom. The van der Waals surface area contributed by atoms with Crippen LogP contribution in [0.1, 0.15) is 32.8 Å². The second kappa shape index (κ2) is 8.05. The van der Waals surface area contributed by atoms with Gasteiger partial charge < -0.3 is 15.4 Å². The van der Waals surface area contributed by atoms with Gasteiger partial charge >= 0.3 is 0 Å². The zero-order chi connectivity index (χ0) is 15.9. The van der Waals surface area contributed by atoms with Gasteiger partial charge in [0.15, 0.2) is 0 Å². The number of carbonyl (C=O) groups excluding carboxylic acids is 1. The fourth-order valence-electron chi connectivity index (χ4n) is 1.62. The number of nitrogens with zero attached hydrogens (tertiary/aromatic N) is 2. The first-order valence-corrected chi connectivity index (χ1v) is 7.28. The van der Waals surface area contributed by atoms with Crippen LogP contribution >= 0.6 is 12.2 Å². The molecule has 21 heavy (non-hydrogen) atoms. The Balaban J connectivity index is 2.67. The molecule has 2 N–H and O–H groups in total. The highest BCUT2D eigenvalue weighted by molar-refractivity contribution is 7.80. The summed E-state index contributed by atoms with van der Waals surface area (Å²) in [5.74, 6) is -0.0787. The largest absolute Gasteiger partial charge is 0.393 e. The van der Waals surface area contributed by atoms with Crippen LogP contribution in [0.3, 0.4) is 0 Å². The average molecular weight is 309 g/mol. The summed E-state index contributed by atoms with van der Waals surface area (Å²) in [5, 5.41) is 0. The predicted molar refractivity (Wildman–Crippen MR) is 86.8 cm³/mol. The zero-order valence-corrected chi connectivity index (χ0v) is 13.7. The molecule has 0 aliphatic heterocycles. The number of thiocarbonyl (C=S) groups is 1. The Morgan fingerprint density at radius 3 is 2.71 bits per heavy atom. The highest BCUT2D eigenvalue weighted by Crippen LogP contribution is 2.09. The fraction of sp³-hybridized carbons (Fsp3) is 0.533. The normalized spacial score (nSPS) is 11.2. The molecule has 0 unspecified atom stereocenters. The molecule has 0 saturated heterocycles. The van der Waals surface area contributed by atoms with Crippen LogP contribution in [0.4, 0.5) is 0 Å². The minimum atomic E-state index is -0.348. The lowest BCUT2D eigenvalue weighted by atomic mass is 10.2. The number of rotatable bonds is 7. The van der Waals surface area contributed by atoms with Gasteiger partial charge in [0.25, 0.3) is 0 Å². The molecule has 1 amide bonds. The molecule has 0 atom stereocenters. The standard InChI is InChI=1S/C15H23N3O2S/c1-15(2,3)20-11-14(19)18(8-6-13(16)21)10-12-5-4-7-17-9-12/h4-5,7,9H,6,8,10-11H2,1-3H3,(H2,16,21). The predicted octanol–water partition coefficient (Wildman–Crippen LogP) is 1.90. The van der Waals surface area contributed by atoms with Gasteiger partial charge in [0.1, 0.15) is 6.61 Å². The van der Waals surface area contributed by atoms with Crippen molar-refractivity contribution in [2.75, 3.05) is 13.2 Å². The van der Waals surface area contributed by atoms with E-state index in [0.29, 0.717) is 24.5 Å². The first-order chi connectivity index (χ1) is 9.78. The quantitative estimate of drug-likeness (QED) is 0.779. The SMILES string of the molecule is CC(C)(C)OCC(=O)N(CCC(N)=S)Cc1cccnc1. The molecule has 0 bridgehead atoms. The van der Waals surface area contributed by atoms with Crippen molar-refractivity contribution in [2.45, 2.75) is 39.3 Å². The van der Waals surface area contributed by atoms with E-state index in [1.165, 1.54) is 0 Å². The molecule has 0 aromatic carbocycles. The number of aromatic nitrogens is 1. The van der Waals surface area contributed by atoms with Crippen LogP contribution in [0.15, 0.2) is 24.5 Å². The van der Waals surface area contributed by atoms with Crippen molar-refractivity contribution >= 4 is 23.1 Å². The summed E-state index contributed by atoms with van der Waals surface area (Å²) in [6, 6.07) is 3.77. The molecular weight excluding hydrogens is 286 g/mol. The third kappa shape index (κ3) is 7.72. The van der Waals surface area contributed by atoms with Crippen molar-refractivity contribution in [1.29, 1.82) is 0 Å². The minimum Gasteiger partial charge on any atom is -0.393 e. The van der Waals surface area contributed by atoms with Crippen LogP contribution in [0.5, 0.6) is 0 Å².